The zero-order chi connectivity index (χ0) is 23.4. The van der Waals surface area contributed by atoms with Gasteiger partial charge in [-0.15, -0.1) is 0 Å². The van der Waals surface area contributed by atoms with E-state index < -0.39 is 23.2 Å². The zero-order valence-corrected chi connectivity index (χ0v) is 19.3. The molecule has 0 bridgehead atoms. The molecule has 1 aromatic heterocycles. The highest BCUT2D eigenvalue weighted by Crippen LogP contribution is 2.45. The van der Waals surface area contributed by atoms with Crippen molar-refractivity contribution in [2.75, 3.05) is 12.0 Å². The van der Waals surface area contributed by atoms with Crippen LogP contribution in [-0.4, -0.2) is 18.1 Å². The van der Waals surface area contributed by atoms with Crippen molar-refractivity contribution in [1.82, 2.24) is 0 Å². The molecule has 3 aromatic carbocycles. The third-order valence-electron chi connectivity index (χ3n) is 5.52. The van der Waals surface area contributed by atoms with E-state index in [1.165, 1.54) is 54.5 Å². The lowest BCUT2D eigenvalue weighted by Crippen LogP contribution is -2.29. The zero-order valence-electron chi connectivity index (χ0n) is 16.9. The summed E-state index contributed by atoms with van der Waals surface area (Å²) in [7, 11) is 1.39. The average Bonchev–Trinajstić information content (AvgIpc) is 3.09. The van der Waals surface area contributed by atoms with Gasteiger partial charge in [0.15, 0.2) is 16.9 Å². The van der Waals surface area contributed by atoms with Gasteiger partial charge in [-0.1, -0.05) is 11.6 Å². The van der Waals surface area contributed by atoms with E-state index in [4.69, 9.17) is 20.8 Å². The number of fused-ring (bicyclic) bond motifs is 2. The second kappa shape index (κ2) is 7.90. The molecule has 166 valence electrons. The van der Waals surface area contributed by atoms with Crippen LogP contribution in [0.5, 0.6) is 11.5 Å². The predicted molar refractivity (Wildman–Crippen MR) is 125 cm³/mol. The second-order valence-electron chi connectivity index (χ2n) is 7.42. The van der Waals surface area contributed by atoms with Crippen LogP contribution in [0.1, 0.15) is 27.7 Å². The van der Waals surface area contributed by atoms with E-state index >= 15 is 0 Å². The average molecular weight is 531 g/mol. The Kier molecular flexibility index (Phi) is 5.14. The molecule has 33 heavy (non-hydrogen) atoms. The van der Waals surface area contributed by atoms with E-state index in [2.05, 4.69) is 15.9 Å². The van der Waals surface area contributed by atoms with Gasteiger partial charge in [0.05, 0.1) is 28.6 Å². The lowest BCUT2D eigenvalue weighted by molar-refractivity contribution is 0.0971. The first-order valence-electron chi connectivity index (χ1n) is 9.72. The van der Waals surface area contributed by atoms with Gasteiger partial charge in [0.25, 0.3) is 5.91 Å². The van der Waals surface area contributed by atoms with Crippen LogP contribution in [0.4, 0.5) is 10.1 Å². The lowest BCUT2D eigenvalue weighted by Gasteiger charge is -2.26. The number of carbonyl (C=O) groups excluding carboxylic acids is 1. The Morgan fingerprint density at radius 3 is 2.55 bits per heavy atom. The van der Waals surface area contributed by atoms with Crippen molar-refractivity contribution in [1.29, 1.82) is 0 Å². The molecular formula is C24H14BrClFNO5. The van der Waals surface area contributed by atoms with Gasteiger partial charge in [-0.25, -0.2) is 4.39 Å². The minimum Gasteiger partial charge on any atom is -0.503 e. The van der Waals surface area contributed by atoms with Crippen molar-refractivity contribution in [2.45, 2.75) is 6.04 Å². The molecule has 0 radical (unpaired) electrons. The number of phenols is 1. The minimum atomic E-state index is -0.927. The Morgan fingerprint density at radius 2 is 1.85 bits per heavy atom. The molecule has 1 aliphatic heterocycles. The number of nitrogens with zero attached hydrogens (tertiary/aromatic N) is 1. The summed E-state index contributed by atoms with van der Waals surface area (Å²) in [6, 6.07) is 12.1. The Morgan fingerprint density at radius 1 is 1.12 bits per heavy atom. The molecule has 0 spiro atoms. The van der Waals surface area contributed by atoms with Gasteiger partial charge in [0.1, 0.15) is 11.4 Å². The third kappa shape index (κ3) is 3.37. The number of hydrogen-bond acceptors (Lipinski definition) is 5. The summed E-state index contributed by atoms with van der Waals surface area (Å²) in [6.45, 7) is 0. The number of rotatable bonds is 3. The number of halogens is 3. The van der Waals surface area contributed by atoms with Gasteiger partial charge < -0.3 is 14.3 Å². The maximum absolute atomic E-state index is 13.6. The number of amides is 1. The summed E-state index contributed by atoms with van der Waals surface area (Å²) < 4.78 is 25.1. The monoisotopic (exact) mass is 529 g/mol. The van der Waals surface area contributed by atoms with Gasteiger partial charge >= 0.3 is 0 Å². The molecule has 0 aliphatic carbocycles. The van der Waals surface area contributed by atoms with Crippen LogP contribution in [0.3, 0.4) is 0 Å². The molecule has 2 heterocycles. The number of phenolic OH excluding ortho intramolecular Hbond substituents is 1. The van der Waals surface area contributed by atoms with Crippen LogP contribution in [0.15, 0.2) is 68.3 Å². The number of anilines is 1. The number of carbonyl (C=O) groups is 1. The van der Waals surface area contributed by atoms with Crippen molar-refractivity contribution >= 4 is 50.1 Å². The van der Waals surface area contributed by atoms with Crippen LogP contribution in [0.25, 0.3) is 11.0 Å². The van der Waals surface area contributed by atoms with Gasteiger partial charge in [-0.05, 0) is 76.1 Å². The van der Waals surface area contributed by atoms with E-state index in [1.807, 2.05) is 0 Å². The minimum absolute atomic E-state index is 0.110. The first-order valence-corrected chi connectivity index (χ1v) is 10.9. The van der Waals surface area contributed by atoms with Crippen molar-refractivity contribution in [3.63, 3.8) is 0 Å². The largest absolute Gasteiger partial charge is 0.503 e. The van der Waals surface area contributed by atoms with Crippen LogP contribution >= 0.6 is 27.5 Å². The third-order valence-corrected chi connectivity index (χ3v) is 6.36. The maximum Gasteiger partial charge on any atom is 0.295 e. The molecule has 6 nitrogen and oxygen atoms in total. The topological polar surface area (TPSA) is 80.0 Å². The van der Waals surface area contributed by atoms with Crippen molar-refractivity contribution in [3.05, 3.63) is 97.0 Å². The van der Waals surface area contributed by atoms with E-state index in [1.54, 1.807) is 12.1 Å². The summed E-state index contributed by atoms with van der Waals surface area (Å²) in [5.74, 6) is -1.13. The maximum atomic E-state index is 13.6. The number of benzene rings is 3. The van der Waals surface area contributed by atoms with Gasteiger partial charge in [-0.3, -0.25) is 14.5 Å². The number of ether oxygens (including phenoxy) is 1. The summed E-state index contributed by atoms with van der Waals surface area (Å²) >= 11 is 9.39. The highest BCUT2D eigenvalue weighted by Gasteiger charge is 2.44. The predicted octanol–water partition coefficient (Wildman–Crippen LogP) is 5.81. The van der Waals surface area contributed by atoms with E-state index in [0.29, 0.717) is 20.7 Å². The first kappa shape index (κ1) is 21.5. The van der Waals surface area contributed by atoms with Crippen molar-refractivity contribution < 1.29 is 23.4 Å². The Balaban J connectivity index is 1.84. The second-order valence-corrected chi connectivity index (χ2v) is 8.71. The number of aromatic hydroxyl groups is 1. The molecule has 1 N–H and O–H groups in total. The molecule has 5 rings (SSSR count). The Labute approximate surface area is 199 Å². The van der Waals surface area contributed by atoms with E-state index in [0.717, 1.165) is 0 Å². The molecular weight excluding hydrogens is 517 g/mol. The molecule has 9 heteroatoms. The fourth-order valence-electron chi connectivity index (χ4n) is 4.04. The van der Waals surface area contributed by atoms with Crippen LogP contribution in [0.2, 0.25) is 5.02 Å². The first-order chi connectivity index (χ1) is 15.8. The van der Waals surface area contributed by atoms with Gasteiger partial charge in [-0.2, -0.15) is 0 Å². The SMILES string of the molecule is COc1cc(C2c3c(oc4ccc(Cl)cc4c3=O)C(=O)N2c2ccc(F)cc2)cc(Br)c1O. The van der Waals surface area contributed by atoms with Crippen LogP contribution in [0, 0.1) is 5.82 Å². The smallest absolute Gasteiger partial charge is 0.295 e. The normalized spacial score (nSPS) is 15.2. The lowest BCUT2D eigenvalue weighted by atomic mass is 9.97. The van der Waals surface area contributed by atoms with Crippen molar-refractivity contribution in [2.24, 2.45) is 0 Å². The Hall–Kier alpha value is -3.36. The number of hydrogen-bond donors (Lipinski definition) is 1. The molecule has 1 atom stereocenters. The molecule has 1 unspecified atom stereocenters. The summed E-state index contributed by atoms with van der Waals surface area (Å²) in [4.78, 5) is 28.5. The quantitative estimate of drug-likeness (QED) is 0.361. The molecule has 0 saturated carbocycles. The molecule has 0 fully saturated rings. The van der Waals surface area contributed by atoms with Crippen molar-refractivity contribution in [3.8, 4) is 11.5 Å². The molecule has 1 aliphatic rings. The number of methoxy groups -OCH3 is 1. The highest BCUT2D eigenvalue weighted by molar-refractivity contribution is 9.10. The fraction of sp³-hybridized carbons (Fsp3) is 0.0833. The summed E-state index contributed by atoms with van der Waals surface area (Å²) in [6.07, 6.45) is 0. The standard InChI is InChI=1S/C24H14BrClFNO5/c1-32-18-9-11(8-16(25)22(18)30)20-19-21(29)15-10-12(26)2-7-17(15)33-23(19)24(31)28(20)14-5-3-13(27)4-6-14/h2-10,20,30H,1H3. The van der Waals surface area contributed by atoms with Crippen LogP contribution < -0.4 is 15.1 Å². The summed E-state index contributed by atoms with van der Waals surface area (Å²) in [5.41, 5.74) is 0.753. The Bertz CT molecular complexity index is 1500. The highest BCUT2D eigenvalue weighted by atomic mass is 79.9. The van der Waals surface area contributed by atoms with Crippen LogP contribution in [-0.2, 0) is 0 Å². The van der Waals surface area contributed by atoms with E-state index in [9.17, 15) is 19.1 Å². The van der Waals surface area contributed by atoms with E-state index in [-0.39, 0.29) is 33.8 Å². The molecule has 0 saturated heterocycles. The molecule has 4 aromatic rings. The fourth-order valence-corrected chi connectivity index (χ4v) is 4.67. The van der Waals surface area contributed by atoms with Gasteiger partial charge in [0, 0.05) is 10.7 Å². The molecule has 1 amide bonds. The van der Waals surface area contributed by atoms with Gasteiger partial charge in [0.2, 0.25) is 5.76 Å². The summed E-state index contributed by atoms with van der Waals surface area (Å²) in [5, 5.41) is 10.8.